The van der Waals surface area contributed by atoms with E-state index in [1.807, 2.05) is 52.0 Å². The van der Waals surface area contributed by atoms with E-state index in [1.54, 1.807) is 10.6 Å². The fourth-order valence-electron chi connectivity index (χ4n) is 1.79. The van der Waals surface area contributed by atoms with Gasteiger partial charge in [0, 0.05) is 11.8 Å². The first kappa shape index (κ1) is 15.0. The second kappa shape index (κ2) is 6.78. The number of aromatic nitrogens is 1. The Morgan fingerprint density at radius 2 is 1.63 bits per heavy atom. The van der Waals surface area contributed by atoms with E-state index in [-0.39, 0.29) is 11.3 Å². The lowest BCUT2D eigenvalue weighted by atomic mass is 10.1. The first-order chi connectivity index (χ1) is 9.06. The van der Waals surface area contributed by atoms with E-state index < -0.39 is 0 Å². The predicted molar refractivity (Wildman–Crippen MR) is 78.7 cm³/mol. The number of nitrogens with zero attached hydrogens (tertiary/aromatic N) is 1. The van der Waals surface area contributed by atoms with Crippen molar-refractivity contribution in [2.45, 2.75) is 34.2 Å². The van der Waals surface area contributed by atoms with Crippen molar-refractivity contribution in [3.05, 3.63) is 63.6 Å². The third-order valence-corrected chi connectivity index (χ3v) is 2.78. The summed E-state index contributed by atoms with van der Waals surface area (Å²) in [5.74, 6) is 0.0210. The third kappa shape index (κ3) is 3.98. The highest BCUT2D eigenvalue weighted by atomic mass is 16.3. The van der Waals surface area contributed by atoms with E-state index in [1.165, 1.54) is 11.6 Å². The summed E-state index contributed by atoms with van der Waals surface area (Å²) in [4.78, 5) is 11.7. The Balaban J connectivity index is 0.000000861. The van der Waals surface area contributed by atoms with Crippen LogP contribution in [0.25, 0.3) is 0 Å². The summed E-state index contributed by atoms with van der Waals surface area (Å²) < 4.78 is 1.64. The van der Waals surface area contributed by atoms with Crippen LogP contribution in [0.15, 0.2) is 41.2 Å². The van der Waals surface area contributed by atoms with Crippen LogP contribution in [0.3, 0.4) is 0 Å². The highest BCUT2D eigenvalue weighted by Gasteiger charge is 2.03. The number of benzene rings is 1. The third-order valence-electron chi connectivity index (χ3n) is 2.78. The topological polar surface area (TPSA) is 42.2 Å². The lowest BCUT2D eigenvalue weighted by Crippen LogP contribution is -2.21. The van der Waals surface area contributed by atoms with Gasteiger partial charge in [-0.25, -0.2) is 0 Å². The van der Waals surface area contributed by atoms with Gasteiger partial charge in [-0.3, -0.25) is 4.79 Å². The van der Waals surface area contributed by atoms with Crippen LogP contribution >= 0.6 is 0 Å². The molecule has 0 radical (unpaired) electrons. The second-order valence-corrected chi connectivity index (χ2v) is 4.26. The molecule has 1 aromatic heterocycles. The average Bonchev–Trinajstić information content (AvgIpc) is 2.38. The fourth-order valence-corrected chi connectivity index (χ4v) is 1.79. The van der Waals surface area contributed by atoms with Gasteiger partial charge in [-0.15, -0.1) is 0 Å². The van der Waals surface area contributed by atoms with Crippen LogP contribution in [0.2, 0.25) is 0 Å². The average molecular weight is 259 g/mol. The van der Waals surface area contributed by atoms with Gasteiger partial charge in [0.05, 0.1) is 6.54 Å². The standard InChI is InChI=1S/C14H15NO2.C2H6/c1-10-3-5-12(6-4-10)9-15-11(2)7-13(16)8-14(15)17;1-2/h3-8,16H,9H2,1-2H3;1-2H3. The molecule has 0 bridgehead atoms. The molecule has 2 rings (SSSR count). The van der Waals surface area contributed by atoms with Crippen LogP contribution in [0.1, 0.15) is 30.7 Å². The molecule has 19 heavy (non-hydrogen) atoms. The van der Waals surface area contributed by atoms with Crippen LogP contribution in [-0.4, -0.2) is 9.67 Å². The Morgan fingerprint density at radius 3 is 2.16 bits per heavy atom. The Labute approximate surface area is 114 Å². The number of hydrogen-bond acceptors (Lipinski definition) is 2. The smallest absolute Gasteiger partial charge is 0.254 e. The van der Waals surface area contributed by atoms with Gasteiger partial charge in [-0.1, -0.05) is 43.7 Å². The maximum atomic E-state index is 11.7. The lowest BCUT2D eigenvalue weighted by molar-refractivity contribution is 0.470. The molecule has 0 saturated carbocycles. The van der Waals surface area contributed by atoms with E-state index in [2.05, 4.69) is 0 Å². The molecule has 1 aromatic carbocycles. The molecular formula is C16H21NO2. The SMILES string of the molecule is CC.Cc1ccc(Cn2c(C)cc(O)cc2=O)cc1. The molecule has 1 heterocycles. The van der Waals surface area contributed by atoms with Crippen molar-refractivity contribution in [2.24, 2.45) is 0 Å². The Bertz CT molecular complexity index is 583. The van der Waals surface area contributed by atoms with Crippen molar-refractivity contribution < 1.29 is 5.11 Å². The quantitative estimate of drug-likeness (QED) is 0.899. The Hall–Kier alpha value is -2.03. The Morgan fingerprint density at radius 1 is 1.05 bits per heavy atom. The summed E-state index contributed by atoms with van der Waals surface area (Å²) in [5, 5.41) is 9.31. The second-order valence-electron chi connectivity index (χ2n) is 4.26. The maximum Gasteiger partial charge on any atom is 0.254 e. The van der Waals surface area contributed by atoms with Crippen LogP contribution in [0.5, 0.6) is 5.75 Å². The van der Waals surface area contributed by atoms with Crippen molar-refractivity contribution in [1.82, 2.24) is 4.57 Å². The van der Waals surface area contributed by atoms with E-state index in [0.29, 0.717) is 6.54 Å². The van der Waals surface area contributed by atoms with Crippen molar-refractivity contribution >= 4 is 0 Å². The summed E-state index contributed by atoms with van der Waals surface area (Å²) in [6, 6.07) is 10.9. The van der Waals surface area contributed by atoms with Crippen molar-refractivity contribution in [3.8, 4) is 5.75 Å². The van der Waals surface area contributed by atoms with E-state index in [4.69, 9.17) is 0 Å². The predicted octanol–water partition coefficient (Wildman–Crippen LogP) is 3.25. The first-order valence-corrected chi connectivity index (χ1v) is 6.52. The number of rotatable bonds is 2. The molecule has 2 aromatic rings. The van der Waals surface area contributed by atoms with Crippen LogP contribution in [0.4, 0.5) is 0 Å². The number of aryl methyl sites for hydroxylation is 2. The minimum Gasteiger partial charge on any atom is -0.508 e. The molecule has 3 heteroatoms. The molecule has 0 saturated heterocycles. The zero-order valence-electron chi connectivity index (χ0n) is 12.0. The maximum absolute atomic E-state index is 11.7. The van der Waals surface area contributed by atoms with Gasteiger partial charge in [0.1, 0.15) is 5.75 Å². The number of pyridine rings is 1. The highest BCUT2D eigenvalue weighted by molar-refractivity contribution is 5.25. The summed E-state index contributed by atoms with van der Waals surface area (Å²) in [6.45, 7) is 8.38. The minimum atomic E-state index is -0.178. The van der Waals surface area contributed by atoms with Crippen LogP contribution in [0, 0.1) is 13.8 Å². The highest BCUT2D eigenvalue weighted by Crippen LogP contribution is 2.10. The van der Waals surface area contributed by atoms with Gasteiger partial charge in [-0.2, -0.15) is 0 Å². The van der Waals surface area contributed by atoms with Crippen LogP contribution < -0.4 is 5.56 Å². The normalized spacial score (nSPS) is 9.68. The molecule has 0 aliphatic heterocycles. The van der Waals surface area contributed by atoms with Gasteiger partial charge in [0.15, 0.2) is 0 Å². The molecule has 3 nitrogen and oxygen atoms in total. The molecule has 1 N–H and O–H groups in total. The van der Waals surface area contributed by atoms with Gasteiger partial charge >= 0.3 is 0 Å². The van der Waals surface area contributed by atoms with E-state index >= 15 is 0 Å². The van der Waals surface area contributed by atoms with Gasteiger partial charge in [-0.05, 0) is 25.5 Å². The monoisotopic (exact) mass is 259 g/mol. The largest absolute Gasteiger partial charge is 0.508 e. The lowest BCUT2D eigenvalue weighted by Gasteiger charge is -2.10. The molecule has 0 aliphatic rings. The first-order valence-electron chi connectivity index (χ1n) is 6.52. The minimum absolute atomic E-state index is 0.0210. The summed E-state index contributed by atoms with van der Waals surface area (Å²) in [5.41, 5.74) is 2.86. The van der Waals surface area contributed by atoms with Gasteiger partial charge in [0.2, 0.25) is 0 Å². The van der Waals surface area contributed by atoms with Gasteiger partial charge in [0.25, 0.3) is 5.56 Å². The number of aromatic hydroxyl groups is 1. The molecular weight excluding hydrogens is 238 g/mol. The molecule has 102 valence electrons. The molecule has 0 unspecified atom stereocenters. The van der Waals surface area contributed by atoms with Crippen molar-refractivity contribution in [2.75, 3.05) is 0 Å². The van der Waals surface area contributed by atoms with Crippen LogP contribution in [-0.2, 0) is 6.54 Å². The fraction of sp³-hybridized carbons (Fsp3) is 0.312. The summed E-state index contributed by atoms with van der Waals surface area (Å²) in [6.07, 6.45) is 0. The number of hydrogen-bond donors (Lipinski definition) is 1. The zero-order valence-corrected chi connectivity index (χ0v) is 12.0. The Kier molecular flexibility index (Phi) is 5.37. The zero-order chi connectivity index (χ0) is 14.4. The molecule has 0 atom stereocenters. The van der Waals surface area contributed by atoms with Crippen molar-refractivity contribution in [1.29, 1.82) is 0 Å². The molecule has 0 spiro atoms. The summed E-state index contributed by atoms with van der Waals surface area (Å²) >= 11 is 0. The van der Waals surface area contributed by atoms with Crippen molar-refractivity contribution in [3.63, 3.8) is 0 Å². The summed E-state index contributed by atoms with van der Waals surface area (Å²) in [7, 11) is 0. The molecule has 0 fully saturated rings. The molecule has 0 aliphatic carbocycles. The molecule has 0 amide bonds. The van der Waals surface area contributed by atoms with Gasteiger partial charge < -0.3 is 9.67 Å². The van der Waals surface area contributed by atoms with E-state index in [0.717, 1.165) is 11.3 Å². The van der Waals surface area contributed by atoms with E-state index in [9.17, 15) is 9.90 Å².